The van der Waals surface area contributed by atoms with Crippen molar-refractivity contribution in [1.29, 1.82) is 0 Å². The van der Waals surface area contributed by atoms with Crippen molar-refractivity contribution in [2.24, 2.45) is 5.92 Å². The molecular weight excluding hydrogens is 436 g/mol. The molecule has 3 atom stereocenters. The fraction of sp³-hybridized carbons (Fsp3) is 0.480. The van der Waals surface area contributed by atoms with Crippen molar-refractivity contribution < 1.29 is 9.59 Å². The van der Waals surface area contributed by atoms with Gasteiger partial charge >= 0.3 is 6.03 Å². The summed E-state index contributed by atoms with van der Waals surface area (Å²) in [5.74, 6) is 0.968. The molecule has 1 aromatic carbocycles. The molecule has 2 aliphatic rings. The van der Waals surface area contributed by atoms with E-state index in [0.717, 1.165) is 30.0 Å². The van der Waals surface area contributed by atoms with Gasteiger partial charge in [0.05, 0.1) is 0 Å². The van der Waals surface area contributed by atoms with E-state index in [9.17, 15) is 14.4 Å². The monoisotopic (exact) mass is 468 g/mol. The van der Waals surface area contributed by atoms with E-state index in [-0.39, 0.29) is 29.3 Å². The number of aromatic nitrogens is 1. The van der Waals surface area contributed by atoms with E-state index in [1.165, 1.54) is 5.56 Å². The largest absolute Gasteiger partial charge is 0.326 e. The van der Waals surface area contributed by atoms with Gasteiger partial charge in [0.25, 0.3) is 5.56 Å². The highest BCUT2D eigenvalue weighted by Gasteiger charge is 2.37. The molecule has 8 heteroatoms. The molecule has 2 aromatic rings. The van der Waals surface area contributed by atoms with Gasteiger partial charge < -0.3 is 20.1 Å². The Morgan fingerprint density at radius 1 is 1.12 bits per heavy atom. The summed E-state index contributed by atoms with van der Waals surface area (Å²) in [4.78, 5) is 40.2. The van der Waals surface area contributed by atoms with Gasteiger partial charge in [0.15, 0.2) is 0 Å². The van der Waals surface area contributed by atoms with Crippen molar-refractivity contribution in [3.05, 3.63) is 64.1 Å². The summed E-state index contributed by atoms with van der Waals surface area (Å²) in [5, 5.41) is 5.93. The number of hydrogen-bond donors (Lipinski definition) is 2. The summed E-state index contributed by atoms with van der Waals surface area (Å²) >= 11 is 1.65. The Balaban J connectivity index is 1.42. The summed E-state index contributed by atoms with van der Waals surface area (Å²) in [7, 11) is 0. The number of aryl methyl sites for hydroxylation is 1. The van der Waals surface area contributed by atoms with E-state index in [0.29, 0.717) is 26.1 Å². The van der Waals surface area contributed by atoms with E-state index in [2.05, 4.69) is 17.6 Å². The SMILES string of the molecule is CCc1ccc(NC(=O)[C@H](CCSC)NC(=O)N2CC3CC(C2)c2cccc(=O)n2C3)cc1. The number of hydrogen-bond acceptors (Lipinski definition) is 4. The van der Waals surface area contributed by atoms with Gasteiger partial charge in [0.1, 0.15) is 6.04 Å². The second-order valence-corrected chi connectivity index (χ2v) is 9.91. The predicted octanol–water partition coefficient (Wildman–Crippen LogP) is 3.30. The first-order valence-electron chi connectivity index (χ1n) is 11.6. The number of piperidine rings is 1. The van der Waals surface area contributed by atoms with E-state index >= 15 is 0 Å². The van der Waals surface area contributed by atoms with Crippen LogP contribution in [0.3, 0.4) is 0 Å². The predicted molar refractivity (Wildman–Crippen MR) is 133 cm³/mol. The molecule has 7 nitrogen and oxygen atoms in total. The molecule has 176 valence electrons. The number of fused-ring (bicyclic) bond motifs is 4. The van der Waals surface area contributed by atoms with Crippen LogP contribution in [0, 0.1) is 5.92 Å². The fourth-order valence-corrected chi connectivity index (χ4v) is 5.33. The van der Waals surface area contributed by atoms with Gasteiger partial charge in [-0.05, 0) is 61.0 Å². The number of amides is 3. The molecular formula is C25H32N4O3S. The molecule has 2 aliphatic heterocycles. The maximum atomic E-state index is 13.2. The smallest absolute Gasteiger partial charge is 0.318 e. The van der Waals surface area contributed by atoms with Gasteiger partial charge in [-0.1, -0.05) is 25.1 Å². The third-order valence-corrected chi connectivity index (χ3v) is 7.27. The molecule has 2 N–H and O–H groups in total. The Bertz CT molecular complexity index is 1050. The molecule has 0 saturated carbocycles. The molecule has 3 amide bonds. The number of benzene rings is 1. The van der Waals surface area contributed by atoms with E-state index in [1.807, 2.05) is 46.1 Å². The first-order valence-corrected chi connectivity index (χ1v) is 13.0. The second-order valence-electron chi connectivity index (χ2n) is 8.93. The lowest BCUT2D eigenvalue weighted by molar-refractivity contribution is -0.118. The maximum absolute atomic E-state index is 13.2. The Hall–Kier alpha value is -2.74. The first kappa shape index (κ1) is 23.4. The lowest BCUT2D eigenvalue weighted by atomic mass is 9.83. The molecule has 2 unspecified atom stereocenters. The van der Waals surface area contributed by atoms with Crippen molar-refractivity contribution in [3.8, 4) is 0 Å². The number of rotatable bonds is 7. The van der Waals surface area contributed by atoms with Gasteiger partial charge in [-0.25, -0.2) is 4.79 Å². The molecule has 3 heterocycles. The Kier molecular flexibility index (Phi) is 7.42. The average molecular weight is 469 g/mol. The van der Waals surface area contributed by atoms with Gasteiger partial charge in [-0.15, -0.1) is 0 Å². The van der Waals surface area contributed by atoms with Crippen LogP contribution in [-0.4, -0.2) is 52.5 Å². The van der Waals surface area contributed by atoms with Crippen LogP contribution >= 0.6 is 11.8 Å². The summed E-state index contributed by atoms with van der Waals surface area (Å²) in [6.45, 7) is 3.88. The van der Waals surface area contributed by atoms with Crippen LogP contribution in [0.1, 0.15) is 36.9 Å². The topological polar surface area (TPSA) is 83.4 Å². The molecule has 0 radical (unpaired) electrons. The van der Waals surface area contributed by atoms with Crippen LogP contribution in [0.5, 0.6) is 0 Å². The lowest BCUT2D eigenvalue weighted by Crippen LogP contribution is -2.55. The number of carbonyl (C=O) groups is 2. The second kappa shape index (κ2) is 10.5. The van der Waals surface area contributed by atoms with E-state index in [4.69, 9.17) is 0 Å². The normalized spacial score (nSPS) is 20.0. The van der Waals surface area contributed by atoms with Crippen LogP contribution in [0.15, 0.2) is 47.3 Å². The Labute approximate surface area is 198 Å². The zero-order valence-electron chi connectivity index (χ0n) is 19.3. The third-order valence-electron chi connectivity index (χ3n) is 6.62. The van der Waals surface area contributed by atoms with Crippen molar-refractivity contribution in [2.75, 3.05) is 30.4 Å². The summed E-state index contributed by atoms with van der Waals surface area (Å²) < 4.78 is 1.85. The molecule has 1 aromatic heterocycles. The number of carbonyl (C=O) groups excluding carboxylic acids is 2. The molecule has 33 heavy (non-hydrogen) atoms. The number of pyridine rings is 1. The maximum Gasteiger partial charge on any atom is 0.318 e. The van der Waals surface area contributed by atoms with Crippen LogP contribution < -0.4 is 16.2 Å². The van der Waals surface area contributed by atoms with Gasteiger partial charge in [-0.3, -0.25) is 9.59 Å². The molecule has 0 spiro atoms. The van der Waals surface area contributed by atoms with Gasteiger partial charge in [0, 0.05) is 43.0 Å². The van der Waals surface area contributed by atoms with Gasteiger partial charge in [-0.2, -0.15) is 11.8 Å². The van der Waals surface area contributed by atoms with Gasteiger partial charge in [0.2, 0.25) is 5.91 Å². The van der Waals surface area contributed by atoms with Crippen molar-refractivity contribution >= 4 is 29.4 Å². The molecule has 1 saturated heterocycles. The summed E-state index contributed by atoms with van der Waals surface area (Å²) in [6, 6.07) is 12.4. The standard InChI is InChI=1S/C25H32N4O3S/c1-3-17-7-9-20(10-8-17)26-24(31)21(11-12-33-2)27-25(32)28-14-18-13-19(16-28)22-5-4-6-23(30)29(22)15-18/h4-10,18-19,21H,3,11-16H2,1-2H3,(H,26,31)(H,27,32)/t18?,19?,21-/m0/s1. The minimum absolute atomic E-state index is 0.0286. The number of nitrogens with zero attached hydrogens (tertiary/aromatic N) is 2. The quantitative estimate of drug-likeness (QED) is 0.653. The number of nitrogens with one attached hydrogen (secondary N) is 2. The zero-order chi connectivity index (χ0) is 23.4. The Morgan fingerprint density at radius 2 is 1.91 bits per heavy atom. The number of anilines is 1. The van der Waals surface area contributed by atoms with Crippen LogP contribution in [0.25, 0.3) is 0 Å². The summed E-state index contributed by atoms with van der Waals surface area (Å²) in [5.41, 5.74) is 2.97. The highest BCUT2D eigenvalue weighted by Crippen LogP contribution is 2.34. The van der Waals surface area contributed by atoms with Crippen LogP contribution in [0.2, 0.25) is 0 Å². The van der Waals surface area contributed by atoms with Crippen LogP contribution in [0.4, 0.5) is 10.5 Å². The molecule has 1 fully saturated rings. The molecule has 0 aliphatic carbocycles. The summed E-state index contributed by atoms with van der Waals surface area (Å²) in [6.07, 6.45) is 4.48. The minimum Gasteiger partial charge on any atom is -0.326 e. The number of urea groups is 1. The highest BCUT2D eigenvalue weighted by atomic mass is 32.2. The van der Waals surface area contributed by atoms with E-state index in [1.54, 1.807) is 23.9 Å². The lowest BCUT2D eigenvalue weighted by Gasteiger charge is -2.43. The first-order chi connectivity index (χ1) is 16.0. The molecule has 4 rings (SSSR count). The highest BCUT2D eigenvalue weighted by molar-refractivity contribution is 7.98. The Morgan fingerprint density at radius 3 is 2.64 bits per heavy atom. The fourth-order valence-electron chi connectivity index (χ4n) is 4.86. The van der Waals surface area contributed by atoms with Crippen molar-refractivity contribution in [2.45, 2.75) is 44.7 Å². The number of likely N-dealkylation sites (tertiary alicyclic amines) is 1. The number of thioether (sulfide) groups is 1. The van der Waals surface area contributed by atoms with Crippen molar-refractivity contribution in [1.82, 2.24) is 14.8 Å². The van der Waals surface area contributed by atoms with Crippen molar-refractivity contribution in [3.63, 3.8) is 0 Å². The average Bonchev–Trinajstić information content (AvgIpc) is 2.82. The zero-order valence-corrected chi connectivity index (χ0v) is 20.1. The minimum atomic E-state index is -0.604. The van der Waals surface area contributed by atoms with E-state index < -0.39 is 6.04 Å². The third kappa shape index (κ3) is 5.43. The molecule has 2 bridgehead atoms. The van der Waals surface area contributed by atoms with Crippen LogP contribution in [-0.2, 0) is 17.8 Å².